The number of nitrogens with zero attached hydrogens (tertiary/aromatic N) is 2. The zero-order valence-electron chi connectivity index (χ0n) is 11.4. The van der Waals surface area contributed by atoms with Crippen molar-refractivity contribution < 1.29 is 4.74 Å². The minimum Gasteiger partial charge on any atom is -0.436 e. The second-order valence-corrected chi connectivity index (χ2v) is 5.38. The second-order valence-electron chi connectivity index (χ2n) is 5.38. The van der Waals surface area contributed by atoms with Gasteiger partial charge in [0, 0.05) is 12.1 Å². The van der Waals surface area contributed by atoms with E-state index >= 15 is 0 Å². The van der Waals surface area contributed by atoms with Crippen LogP contribution in [0.25, 0.3) is 0 Å². The summed E-state index contributed by atoms with van der Waals surface area (Å²) in [6.45, 7) is 1.01. The fraction of sp³-hybridized carbons (Fsp3) is 0.375. The van der Waals surface area contributed by atoms with Gasteiger partial charge in [0.05, 0.1) is 11.4 Å². The van der Waals surface area contributed by atoms with Gasteiger partial charge in [-0.1, -0.05) is 12.1 Å². The number of fused-ring (bicyclic) bond motifs is 2. The molecular weight excluding hydrogens is 250 g/mol. The lowest BCUT2D eigenvalue weighted by atomic mass is 10.0. The van der Waals surface area contributed by atoms with Crippen LogP contribution in [0, 0.1) is 0 Å². The highest BCUT2D eigenvalue weighted by Gasteiger charge is 2.20. The highest BCUT2D eigenvalue weighted by atomic mass is 16.5. The molecule has 2 aliphatic rings. The second kappa shape index (κ2) is 4.78. The third-order valence-electron chi connectivity index (χ3n) is 4.08. The average molecular weight is 267 g/mol. The first-order valence-electron chi connectivity index (χ1n) is 7.28. The van der Waals surface area contributed by atoms with Crippen LogP contribution in [0.5, 0.6) is 11.6 Å². The van der Waals surface area contributed by atoms with Gasteiger partial charge < -0.3 is 10.1 Å². The van der Waals surface area contributed by atoms with E-state index in [0.29, 0.717) is 0 Å². The van der Waals surface area contributed by atoms with Gasteiger partial charge in [0.1, 0.15) is 6.33 Å². The molecule has 0 amide bonds. The molecule has 102 valence electrons. The first-order chi connectivity index (χ1) is 9.92. The number of para-hydroxylation sites is 1. The third-order valence-corrected chi connectivity index (χ3v) is 4.08. The summed E-state index contributed by atoms with van der Waals surface area (Å²) in [7, 11) is 0. The Bertz CT molecular complexity index is 654. The van der Waals surface area contributed by atoms with Crippen molar-refractivity contribution in [1.29, 1.82) is 0 Å². The summed E-state index contributed by atoms with van der Waals surface area (Å²) >= 11 is 0. The topological polar surface area (TPSA) is 47.0 Å². The van der Waals surface area contributed by atoms with Crippen LogP contribution < -0.4 is 10.1 Å². The molecule has 0 unspecified atom stereocenters. The molecule has 0 bridgehead atoms. The third kappa shape index (κ3) is 1.92. The van der Waals surface area contributed by atoms with E-state index in [2.05, 4.69) is 27.4 Å². The Hall–Kier alpha value is -2.10. The molecule has 1 aromatic heterocycles. The van der Waals surface area contributed by atoms with Crippen LogP contribution in [0.15, 0.2) is 24.5 Å². The lowest BCUT2D eigenvalue weighted by molar-refractivity contribution is 0.455. The zero-order chi connectivity index (χ0) is 13.4. The van der Waals surface area contributed by atoms with Gasteiger partial charge in [0.15, 0.2) is 5.75 Å². The minimum absolute atomic E-state index is 0.730. The Morgan fingerprint density at radius 2 is 2.05 bits per heavy atom. The van der Waals surface area contributed by atoms with Gasteiger partial charge >= 0.3 is 0 Å². The van der Waals surface area contributed by atoms with Crippen molar-refractivity contribution in [2.24, 2.45) is 0 Å². The molecule has 0 fully saturated rings. The van der Waals surface area contributed by atoms with E-state index in [1.165, 1.54) is 17.5 Å². The number of aryl methyl sites for hydroxylation is 2. The predicted octanol–water partition coefficient (Wildman–Crippen LogP) is 3.12. The lowest BCUT2D eigenvalue weighted by Gasteiger charge is -2.21. The van der Waals surface area contributed by atoms with E-state index in [4.69, 9.17) is 4.74 Å². The van der Waals surface area contributed by atoms with Crippen molar-refractivity contribution >= 4 is 5.69 Å². The lowest BCUT2D eigenvalue weighted by Crippen LogP contribution is -2.12. The van der Waals surface area contributed by atoms with E-state index < -0.39 is 0 Å². The van der Waals surface area contributed by atoms with Crippen LogP contribution >= 0.6 is 0 Å². The first kappa shape index (κ1) is 11.7. The number of anilines is 1. The maximum absolute atomic E-state index is 6.11. The number of ether oxygens (including phenoxy) is 1. The number of aromatic nitrogens is 2. The van der Waals surface area contributed by atoms with E-state index in [9.17, 15) is 0 Å². The summed E-state index contributed by atoms with van der Waals surface area (Å²) < 4.78 is 6.11. The van der Waals surface area contributed by atoms with E-state index in [1.807, 2.05) is 6.07 Å². The number of hydrogen-bond donors (Lipinski definition) is 1. The molecule has 0 saturated carbocycles. The van der Waals surface area contributed by atoms with Gasteiger partial charge in [-0.3, -0.25) is 0 Å². The predicted molar refractivity (Wildman–Crippen MR) is 77.4 cm³/mol. The van der Waals surface area contributed by atoms with Crippen LogP contribution in [0.3, 0.4) is 0 Å². The largest absolute Gasteiger partial charge is 0.436 e. The Labute approximate surface area is 118 Å². The summed E-state index contributed by atoms with van der Waals surface area (Å²) in [5, 5.41) is 3.45. The molecule has 20 heavy (non-hydrogen) atoms. The molecule has 1 aromatic carbocycles. The molecule has 4 heteroatoms. The molecule has 1 N–H and O–H groups in total. The quantitative estimate of drug-likeness (QED) is 0.908. The Balaban J connectivity index is 1.72. The molecule has 0 saturated heterocycles. The molecule has 0 radical (unpaired) electrons. The SMILES string of the molecule is c1cc2c(c(Oc3ncnc4c3CCC4)c1)NCCC2. The van der Waals surface area contributed by atoms with E-state index in [0.717, 1.165) is 55.2 Å². The van der Waals surface area contributed by atoms with Crippen molar-refractivity contribution in [3.8, 4) is 11.6 Å². The molecule has 2 aromatic rings. The molecular formula is C16H17N3O. The standard InChI is InChI=1S/C16H17N3O/c1-4-11-5-3-9-17-15(11)14(8-1)20-16-12-6-2-7-13(12)18-10-19-16/h1,4,8,10,17H,2-3,5-7,9H2. The maximum atomic E-state index is 6.11. The number of nitrogens with one attached hydrogen (secondary N) is 1. The van der Waals surface area contributed by atoms with Crippen LogP contribution in [0.1, 0.15) is 29.7 Å². The van der Waals surface area contributed by atoms with E-state index in [1.54, 1.807) is 6.33 Å². The minimum atomic E-state index is 0.730. The van der Waals surface area contributed by atoms with Crippen molar-refractivity contribution in [2.45, 2.75) is 32.1 Å². The maximum Gasteiger partial charge on any atom is 0.225 e. The zero-order valence-corrected chi connectivity index (χ0v) is 11.4. The molecule has 4 rings (SSSR count). The van der Waals surface area contributed by atoms with E-state index in [-0.39, 0.29) is 0 Å². The van der Waals surface area contributed by atoms with Gasteiger partial charge in [-0.25, -0.2) is 9.97 Å². The summed E-state index contributed by atoms with van der Waals surface area (Å²) in [5.41, 5.74) is 4.79. The summed E-state index contributed by atoms with van der Waals surface area (Å²) in [4.78, 5) is 8.68. The van der Waals surface area contributed by atoms with Crippen LogP contribution in [-0.4, -0.2) is 16.5 Å². The Kier molecular flexibility index (Phi) is 2.80. The highest BCUT2D eigenvalue weighted by Crippen LogP contribution is 2.37. The smallest absolute Gasteiger partial charge is 0.225 e. The van der Waals surface area contributed by atoms with Crippen molar-refractivity contribution in [1.82, 2.24) is 9.97 Å². The summed E-state index contributed by atoms with van der Waals surface area (Å²) in [5.74, 6) is 1.61. The molecule has 0 atom stereocenters. The highest BCUT2D eigenvalue weighted by molar-refractivity contribution is 5.64. The molecule has 1 aliphatic heterocycles. The van der Waals surface area contributed by atoms with Crippen LogP contribution in [0.4, 0.5) is 5.69 Å². The van der Waals surface area contributed by atoms with Crippen molar-refractivity contribution in [3.63, 3.8) is 0 Å². The average Bonchev–Trinajstić information content (AvgIpc) is 2.97. The molecule has 1 aliphatic carbocycles. The normalized spacial score (nSPS) is 16.2. The number of benzene rings is 1. The van der Waals surface area contributed by atoms with Gasteiger partial charge in [-0.15, -0.1) is 0 Å². The fourth-order valence-corrected chi connectivity index (χ4v) is 3.08. The Morgan fingerprint density at radius 1 is 1.05 bits per heavy atom. The molecule has 4 nitrogen and oxygen atoms in total. The van der Waals surface area contributed by atoms with Gasteiger partial charge in [0.25, 0.3) is 0 Å². The van der Waals surface area contributed by atoms with Crippen LogP contribution in [0.2, 0.25) is 0 Å². The fourth-order valence-electron chi connectivity index (χ4n) is 3.08. The number of hydrogen-bond acceptors (Lipinski definition) is 4. The monoisotopic (exact) mass is 267 g/mol. The van der Waals surface area contributed by atoms with Crippen molar-refractivity contribution in [2.75, 3.05) is 11.9 Å². The molecule has 0 spiro atoms. The summed E-state index contributed by atoms with van der Waals surface area (Å²) in [6.07, 6.45) is 7.12. The van der Waals surface area contributed by atoms with Gasteiger partial charge in [-0.2, -0.15) is 0 Å². The van der Waals surface area contributed by atoms with Crippen molar-refractivity contribution in [3.05, 3.63) is 41.3 Å². The number of rotatable bonds is 2. The summed E-state index contributed by atoms with van der Waals surface area (Å²) in [6, 6.07) is 6.24. The van der Waals surface area contributed by atoms with Gasteiger partial charge in [-0.05, 0) is 43.7 Å². The van der Waals surface area contributed by atoms with Crippen LogP contribution in [-0.2, 0) is 19.3 Å². The van der Waals surface area contributed by atoms with Gasteiger partial charge in [0.2, 0.25) is 5.88 Å². The first-order valence-corrected chi connectivity index (χ1v) is 7.28. The Morgan fingerprint density at radius 3 is 3.05 bits per heavy atom. The molecule has 2 heterocycles.